The zero-order valence-corrected chi connectivity index (χ0v) is 23.4. The highest BCUT2D eigenvalue weighted by Crippen LogP contribution is 2.37. The van der Waals surface area contributed by atoms with Gasteiger partial charge in [-0.3, -0.25) is 4.79 Å². The van der Waals surface area contributed by atoms with E-state index in [-0.39, 0.29) is 17.9 Å². The first-order chi connectivity index (χ1) is 18.4. The van der Waals surface area contributed by atoms with Crippen molar-refractivity contribution >= 4 is 17.9 Å². The Balaban J connectivity index is 0.000000934. The van der Waals surface area contributed by atoms with Gasteiger partial charge in [0.1, 0.15) is 17.3 Å². The summed E-state index contributed by atoms with van der Waals surface area (Å²) < 4.78 is 4.54. The monoisotopic (exact) mass is 520 g/mol. The molecule has 206 valence electrons. The van der Waals surface area contributed by atoms with Crippen molar-refractivity contribution in [1.29, 1.82) is 5.26 Å². The second-order valence-electron chi connectivity index (χ2n) is 10.6. The lowest BCUT2D eigenvalue weighted by Gasteiger charge is -2.30. The van der Waals surface area contributed by atoms with Gasteiger partial charge in [-0.05, 0) is 62.3 Å². The smallest absolute Gasteiger partial charge is 0.168 e. The molecule has 0 amide bonds. The minimum Gasteiger partial charge on any atom is -0.385 e. The van der Waals surface area contributed by atoms with Crippen molar-refractivity contribution in [2.45, 2.75) is 77.8 Å². The molecule has 0 bridgehead atoms. The highest BCUT2D eigenvalue weighted by molar-refractivity contribution is 5.81. The largest absolute Gasteiger partial charge is 0.385 e. The Morgan fingerprint density at radius 1 is 1.21 bits per heavy atom. The average Bonchev–Trinajstić information content (AvgIpc) is 2.97. The van der Waals surface area contributed by atoms with Gasteiger partial charge < -0.3 is 20.7 Å². The van der Waals surface area contributed by atoms with Crippen LogP contribution in [0.2, 0.25) is 0 Å². The molecule has 0 radical (unpaired) electrons. The van der Waals surface area contributed by atoms with Crippen molar-refractivity contribution in [2.75, 3.05) is 37.0 Å². The summed E-state index contributed by atoms with van der Waals surface area (Å²) in [6, 6.07) is 8.44. The number of ether oxygens (including phenoxy) is 1. The Bertz CT molecular complexity index is 1050. The molecule has 0 spiro atoms. The number of nitrogens with zero attached hydrogens (tertiary/aromatic N) is 4. The summed E-state index contributed by atoms with van der Waals surface area (Å²) in [5.41, 5.74) is 9.92. The second-order valence-corrected chi connectivity index (χ2v) is 10.6. The average molecular weight is 521 g/mol. The van der Waals surface area contributed by atoms with Crippen LogP contribution in [0.3, 0.4) is 0 Å². The molecule has 1 aliphatic carbocycles. The van der Waals surface area contributed by atoms with Crippen LogP contribution in [0.15, 0.2) is 24.4 Å². The van der Waals surface area contributed by atoms with E-state index in [1.54, 1.807) is 7.11 Å². The van der Waals surface area contributed by atoms with Gasteiger partial charge in [-0.2, -0.15) is 5.26 Å². The third-order valence-electron chi connectivity index (χ3n) is 7.55. The lowest BCUT2D eigenvalue weighted by molar-refractivity contribution is 0.111. The van der Waals surface area contributed by atoms with Crippen LogP contribution in [0.5, 0.6) is 0 Å². The predicted molar refractivity (Wildman–Crippen MR) is 153 cm³/mol. The Kier molecular flexibility index (Phi) is 11.5. The molecule has 2 aromatic rings. The van der Waals surface area contributed by atoms with Crippen LogP contribution >= 0.6 is 0 Å². The summed E-state index contributed by atoms with van der Waals surface area (Å²) in [5, 5.41) is 12.8. The van der Waals surface area contributed by atoms with E-state index in [2.05, 4.69) is 45.9 Å². The number of carbonyl (C=O) groups is 1. The Morgan fingerprint density at radius 3 is 2.42 bits per heavy atom. The zero-order valence-electron chi connectivity index (χ0n) is 23.4. The van der Waals surface area contributed by atoms with Gasteiger partial charge in [-0.25, -0.2) is 9.97 Å². The van der Waals surface area contributed by atoms with Crippen LogP contribution < -0.4 is 16.0 Å². The molecule has 4 rings (SSSR count). The summed E-state index contributed by atoms with van der Waals surface area (Å²) in [4.78, 5) is 23.4. The zero-order chi connectivity index (χ0) is 27.5. The molecule has 38 heavy (non-hydrogen) atoms. The molecule has 8 heteroatoms. The predicted octanol–water partition coefficient (Wildman–Crippen LogP) is 5.75. The van der Waals surface area contributed by atoms with Crippen molar-refractivity contribution in [3.05, 3.63) is 35.7 Å². The van der Waals surface area contributed by atoms with Gasteiger partial charge in [-0.1, -0.05) is 33.1 Å². The van der Waals surface area contributed by atoms with Gasteiger partial charge in [0.2, 0.25) is 0 Å². The maximum Gasteiger partial charge on any atom is 0.168 e. The number of piperidine rings is 1. The van der Waals surface area contributed by atoms with E-state index < -0.39 is 0 Å². The molecule has 1 saturated carbocycles. The topological polar surface area (TPSA) is 117 Å². The van der Waals surface area contributed by atoms with Crippen LogP contribution in [-0.4, -0.2) is 49.1 Å². The minimum atomic E-state index is -0.223. The highest BCUT2D eigenvalue weighted by atomic mass is 16.5. The number of rotatable bonds is 8. The molecule has 2 aromatic heterocycles. The fraction of sp³-hybridized carbons (Fsp3) is 0.600. The molecule has 1 atom stereocenters. The third-order valence-corrected chi connectivity index (χ3v) is 7.55. The lowest BCUT2D eigenvalue weighted by Crippen LogP contribution is -2.33. The quantitative estimate of drug-likeness (QED) is 0.423. The molecule has 2 fully saturated rings. The van der Waals surface area contributed by atoms with E-state index in [1.807, 2.05) is 25.3 Å². The normalized spacial score (nSPS) is 17.3. The van der Waals surface area contributed by atoms with Crippen molar-refractivity contribution in [3.8, 4) is 17.2 Å². The van der Waals surface area contributed by atoms with E-state index >= 15 is 0 Å². The van der Waals surface area contributed by atoms with Crippen LogP contribution in [-0.2, 0) is 4.74 Å². The summed E-state index contributed by atoms with van der Waals surface area (Å²) in [6.45, 7) is 8.68. The Morgan fingerprint density at radius 2 is 1.89 bits per heavy atom. The van der Waals surface area contributed by atoms with Gasteiger partial charge >= 0.3 is 0 Å². The molecular weight excluding hydrogens is 476 g/mol. The summed E-state index contributed by atoms with van der Waals surface area (Å²) >= 11 is 0. The Labute approximate surface area is 228 Å². The van der Waals surface area contributed by atoms with Gasteiger partial charge in [-0.15, -0.1) is 0 Å². The number of nitrogens with two attached hydrogens (primary N) is 1. The van der Waals surface area contributed by atoms with E-state index in [0.717, 1.165) is 80.0 Å². The molecule has 1 saturated heterocycles. The fourth-order valence-corrected chi connectivity index (χ4v) is 5.07. The highest BCUT2D eigenvalue weighted by Gasteiger charge is 2.25. The molecular formula is C30H44N6O2. The fourth-order valence-electron chi connectivity index (χ4n) is 5.07. The summed E-state index contributed by atoms with van der Waals surface area (Å²) in [5.74, 6) is 2.00. The first-order valence-corrected chi connectivity index (χ1v) is 14.0. The maximum absolute atomic E-state index is 11.8. The molecule has 8 nitrogen and oxygen atoms in total. The minimum absolute atomic E-state index is 0.143. The van der Waals surface area contributed by atoms with Gasteiger partial charge in [0.15, 0.2) is 6.29 Å². The number of carbonyl (C=O) groups excluding carboxylic acids is 1. The number of pyridine rings is 2. The van der Waals surface area contributed by atoms with E-state index in [0.29, 0.717) is 11.7 Å². The first-order valence-electron chi connectivity index (χ1n) is 14.0. The van der Waals surface area contributed by atoms with Crippen LogP contribution in [0.1, 0.15) is 87.8 Å². The van der Waals surface area contributed by atoms with Gasteiger partial charge in [0, 0.05) is 62.1 Å². The summed E-state index contributed by atoms with van der Waals surface area (Å²) in [7, 11) is 1.68. The van der Waals surface area contributed by atoms with Crippen molar-refractivity contribution in [3.63, 3.8) is 0 Å². The number of anilines is 2. The lowest BCUT2D eigenvalue weighted by atomic mass is 9.89. The third kappa shape index (κ3) is 7.75. The summed E-state index contributed by atoms with van der Waals surface area (Å²) in [6.07, 6.45) is 10.3. The molecule has 1 unspecified atom stereocenters. The number of aromatic nitrogens is 2. The van der Waals surface area contributed by atoms with Crippen LogP contribution in [0, 0.1) is 23.2 Å². The molecule has 3 heterocycles. The number of methoxy groups -OCH3 is 1. The second kappa shape index (κ2) is 14.8. The van der Waals surface area contributed by atoms with Gasteiger partial charge in [0.05, 0.1) is 6.07 Å². The Hall–Kier alpha value is -3.02. The van der Waals surface area contributed by atoms with E-state index in [9.17, 15) is 4.79 Å². The van der Waals surface area contributed by atoms with Crippen molar-refractivity contribution in [2.24, 2.45) is 17.6 Å². The number of nitriles is 1. The van der Waals surface area contributed by atoms with E-state index in [1.165, 1.54) is 19.3 Å². The van der Waals surface area contributed by atoms with E-state index in [4.69, 9.17) is 16.0 Å². The number of aldehydes is 1. The standard InChI is InChI=1S/C27H36N6O.C3H8O/c1-18(2)26(29)25-23(14-22(17-34)32-27(25)31-21-6-4-3-5-7-21)20-8-9-24(30-16-20)33-12-10-19(15-28)11-13-33;1-3-4-2/h8-9,14,16-19,21,26H,3-7,10-13,29H2,1-2H3,(H,31,32);3H2,1-2H3. The maximum atomic E-state index is 11.8. The number of hydrogen-bond acceptors (Lipinski definition) is 8. The first kappa shape index (κ1) is 29.5. The van der Waals surface area contributed by atoms with Crippen LogP contribution in [0.4, 0.5) is 11.6 Å². The molecule has 1 aliphatic heterocycles. The van der Waals surface area contributed by atoms with Crippen molar-refractivity contribution in [1.82, 2.24) is 9.97 Å². The number of hydrogen-bond donors (Lipinski definition) is 2. The van der Waals surface area contributed by atoms with Gasteiger partial charge in [0.25, 0.3) is 0 Å². The van der Waals surface area contributed by atoms with Crippen LogP contribution in [0.25, 0.3) is 11.1 Å². The molecule has 0 aromatic carbocycles. The molecule has 2 aliphatic rings. The SMILES string of the molecule is CC(C)C(N)c1c(-c2ccc(N3CCC(C#N)CC3)nc2)cc(C=O)nc1NC1CCCCC1.CCOC. The van der Waals surface area contributed by atoms with Crippen molar-refractivity contribution < 1.29 is 9.53 Å². The number of nitrogens with one attached hydrogen (secondary N) is 1. The molecule has 3 N–H and O–H groups in total.